The highest BCUT2D eigenvalue weighted by Gasteiger charge is 2.33. The lowest BCUT2D eigenvalue weighted by Crippen LogP contribution is -2.52. The van der Waals surface area contributed by atoms with Crippen LogP contribution in [-0.4, -0.2) is 79.8 Å². The van der Waals surface area contributed by atoms with Crippen molar-refractivity contribution >= 4 is 21.9 Å². The molecule has 2 fully saturated rings. The zero-order chi connectivity index (χ0) is 17.0. The molecular formula is C14H24N2O6S. The first-order valence-electron chi connectivity index (χ1n) is 7.84. The molecule has 1 amide bonds. The SMILES string of the molecule is CS(=O)(=O)N(CC(=O)O)CC1CN(C(=O)C2CCCC2)CCO1. The fourth-order valence-corrected chi connectivity index (χ4v) is 3.94. The monoisotopic (exact) mass is 348 g/mol. The van der Waals surface area contributed by atoms with E-state index in [2.05, 4.69) is 0 Å². The fraction of sp³-hybridized carbons (Fsp3) is 0.857. The van der Waals surface area contributed by atoms with Crippen LogP contribution in [0.3, 0.4) is 0 Å². The predicted octanol–water partition coefficient (Wildman–Crippen LogP) is -0.250. The highest BCUT2D eigenvalue weighted by molar-refractivity contribution is 7.88. The van der Waals surface area contributed by atoms with Crippen LogP contribution in [0, 0.1) is 5.92 Å². The Bertz CT molecular complexity index is 543. The van der Waals surface area contributed by atoms with Crippen LogP contribution in [0.25, 0.3) is 0 Å². The van der Waals surface area contributed by atoms with E-state index in [4.69, 9.17) is 9.84 Å². The third-order valence-corrected chi connectivity index (χ3v) is 5.56. The van der Waals surface area contributed by atoms with Crippen LogP contribution in [0.15, 0.2) is 0 Å². The minimum absolute atomic E-state index is 0.0560. The fourth-order valence-electron chi connectivity index (χ4n) is 3.16. The van der Waals surface area contributed by atoms with E-state index in [9.17, 15) is 18.0 Å². The molecule has 1 unspecified atom stereocenters. The second-order valence-electron chi connectivity index (χ2n) is 6.21. The third kappa shape index (κ3) is 5.15. The Morgan fingerprint density at radius 2 is 1.96 bits per heavy atom. The molecule has 1 N–H and O–H groups in total. The number of carbonyl (C=O) groups excluding carboxylic acids is 1. The molecule has 1 aliphatic heterocycles. The van der Waals surface area contributed by atoms with E-state index in [0.717, 1.165) is 36.2 Å². The van der Waals surface area contributed by atoms with Gasteiger partial charge in [-0.25, -0.2) is 8.42 Å². The second-order valence-corrected chi connectivity index (χ2v) is 8.19. The van der Waals surface area contributed by atoms with Gasteiger partial charge in [-0.05, 0) is 12.8 Å². The van der Waals surface area contributed by atoms with Gasteiger partial charge >= 0.3 is 5.97 Å². The zero-order valence-corrected chi connectivity index (χ0v) is 14.1. The summed E-state index contributed by atoms with van der Waals surface area (Å²) in [6.07, 6.45) is 4.45. The first kappa shape index (κ1) is 18.2. The van der Waals surface area contributed by atoms with Crippen molar-refractivity contribution in [3.8, 4) is 0 Å². The Labute approximate surface area is 136 Å². The van der Waals surface area contributed by atoms with Gasteiger partial charge in [-0.2, -0.15) is 4.31 Å². The van der Waals surface area contributed by atoms with Crippen molar-refractivity contribution in [2.75, 3.05) is 39.0 Å². The second kappa shape index (κ2) is 7.59. The zero-order valence-electron chi connectivity index (χ0n) is 13.3. The van der Waals surface area contributed by atoms with Crippen molar-refractivity contribution in [2.45, 2.75) is 31.8 Å². The third-order valence-electron chi connectivity index (χ3n) is 4.34. The summed E-state index contributed by atoms with van der Waals surface area (Å²) in [6.45, 7) is 0.493. The first-order valence-corrected chi connectivity index (χ1v) is 9.69. The average Bonchev–Trinajstić information content (AvgIpc) is 2.99. The van der Waals surface area contributed by atoms with Gasteiger partial charge in [0.2, 0.25) is 15.9 Å². The number of morpholine rings is 1. The summed E-state index contributed by atoms with van der Waals surface area (Å²) in [5.41, 5.74) is 0. The van der Waals surface area contributed by atoms with E-state index >= 15 is 0 Å². The summed E-state index contributed by atoms with van der Waals surface area (Å²) < 4.78 is 29.8. The van der Waals surface area contributed by atoms with Crippen molar-refractivity contribution in [3.05, 3.63) is 0 Å². The molecule has 1 saturated carbocycles. The molecule has 1 atom stereocenters. The summed E-state index contributed by atoms with van der Waals surface area (Å²) in [7, 11) is -3.64. The number of carboxylic acid groups (broad SMARTS) is 1. The van der Waals surface area contributed by atoms with Gasteiger partial charge < -0.3 is 14.7 Å². The Morgan fingerprint density at radius 3 is 2.52 bits per heavy atom. The molecule has 1 aliphatic carbocycles. The van der Waals surface area contributed by atoms with Crippen molar-refractivity contribution < 1.29 is 27.9 Å². The van der Waals surface area contributed by atoms with Crippen LogP contribution >= 0.6 is 0 Å². The summed E-state index contributed by atoms with van der Waals surface area (Å²) >= 11 is 0. The minimum atomic E-state index is -3.64. The quantitative estimate of drug-likeness (QED) is 0.710. The molecule has 0 radical (unpaired) electrons. The number of nitrogens with zero attached hydrogens (tertiary/aromatic N) is 2. The lowest BCUT2D eigenvalue weighted by atomic mass is 10.1. The number of carbonyl (C=O) groups is 2. The standard InChI is InChI=1S/C14H24N2O6S/c1-23(20,21)16(10-13(17)18)9-12-8-15(6-7-22-12)14(19)11-4-2-3-5-11/h11-12H,2-10H2,1H3,(H,17,18). The molecule has 9 heteroatoms. The molecule has 0 aromatic carbocycles. The molecule has 0 aromatic heterocycles. The lowest BCUT2D eigenvalue weighted by molar-refractivity contribution is -0.144. The highest BCUT2D eigenvalue weighted by atomic mass is 32.2. The Balaban J connectivity index is 1.96. The van der Waals surface area contributed by atoms with Crippen LogP contribution in [0.2, 0.25) is 0 Å². The number of carboxylic acids is 1. The van der Waals surface area contributed by atoms with Crippen molar-refractivity contribution in [3.63, 3.8) is 0 Å². The van der Waals surface area contributed by atoms with Crippen molar-refractivity contribution in [1.29, 1.82) is 0 Å². The number of aliphatic carboxylic acids is 1. The van der Waals surface area contributed by atoms with E-state index in [1.54, 1.807) is 4.90 Å². The predicted molar refractivity (Wildman–Crippen MR) is 82.3 cm³/mol. The highest BCUT2D eigenvalue weighted by Crippen LogP contribution is 2.27. The lowest BCUT2D eigenvalue weighted by Gasteiger charge is -2.36. The van der Waals surface area contributed by atoms with E-state index < -0.39 is 28.6 Å². The Morgan fingerprint density at radius 1 is 1.30 bits per heavy atom. The molecule has 23 heavy (non-hydrogen) atoms. The molecule has 2 aliphatic rings. The van der Waals surface area contributed by atoms with E-state index in [1.807, 2.05) is 0 Å². The van der Waals surface area contributed by atoms with E-state index in [-0.39, 0.29) is 18.4 Å². The Hall–Kier alpha value is -1.19. The number of ether oxygens (including phenoxy) is 1. The minimum Gasteiger partial charge on any atom is -0.480 e. The van der Waals surface area contributed by atoms with E-state index in [0.29, 0.717) is 19.7 Å². The molecule has 0 spiro atoms. The average molecular weight is 348 g/mol. The van der Waals surface area contributed by atoms with Crippen LogP contribution < -0.4 is 0 Å². The van der Waals surface area contributed by atoms with Crippen LogP contribution in [0.1, 0.15) is 25.7 Å². The molecule has 1 heterocycles. The van der Waals surface area contributed by atoms with Crippen molar-refractivity contribution in [1.82, 2.24) is 9.21 Å². The molecule has 0 bridgehead atoms. The maximum Gasteiger partial charge on any atom is 0.318 e. The number of hydrogen-bond donors (Lipinski definition) is 1. The van der Waals surface area contributed by atoms with Crippen LogP contribution in [-0.2, 0) is 24.3 Å². The number of rotatable bonds is 6. The topological polar surface area (TPSA) is 104 Å². The maximum atomic E-state index is 12.5. The first-order chi connectivity index (χ1) is 10.8. The maximum absolute atomic E-state index is 12.5. The Kier molecular flexibility index (Phi) is 5.99. The summed E-state index contributed by atoms with van der Waals surface area (Å²) in [5, 5.41) is 8.85. The van der Waals surface area contributed by atoms with Crippen LogP contribution in [0.4, 0.5) is 0 Å². The van der Waals surface area contributed by atoms with Gasteiger partial charge in [-0.1, -0.05) is 12.8 Å². The van der Waals surface area contributed by atoms with Gasteiger partial charge in [0.15, 0.2) is 0 Å². The number of sulfonamides is 1. The summed E-state index contributed by atoms with van der Waals surface area (Å²) in [5.74, 6) is -1.04. The molecule has 2 rings (SSSR count). The molecule has 8 nitrogen and oxygen atoms in total. The van der Waals surface area contributed by atoms with Crippen molar-refractivity contribution in [2.24, 2.45) is 5.92 Å². The van der Waals surface area contributed by atoms with Gasteiger partial charge in [0, 0.05) is 25.6 Å². The molecule has 132 valence electrons. The van der Waals surface area contributed by atoms with E-state index in [1.165, 1.54) is 0 Å². The van der Waals surface area contributed by atoms with Gasteiger partial charge in [0.1, 0.15) is 6.54 Å². The normalized spacial score (nSPS) is 23.4. The summed E-state index contributed by atoms with van der Waals surface area (Å²) in [4.78, 5) is 25.0. The van der Waals surface area contributed by atoms with Gasteiger partial charge in [0.25, 0.3) is 0 Å². The van der Waals surface area contributed by atoms with Gasteiger partial charge in [-0.15, -0.1) is 0 Å². The number of hydrogen-bond acceptors (Lipinski definition) is 5. The van der Waals surface area contributed by atoms with Crippen LogP contribution in [0.5, 0.6) is 0 Å². The number of amides is 1. The molecule has 1 saturated heterocycles. The summed E-state index contributed by atoms with van der Waals surface area (Å²) in [6, 6.07) is 0. The smallest absolute Gasteiger partial charge is 0.318 e. The van der Waals surface area contributed by atoms with Gasteiger partial charge in [0.05, 0.1) is 19.0 Å². The molecule has 0 aromatic rings. The van der Waals surface area contributed by atoms with Gasteiger partial charge in [-0.3, -0.25) is 9.59 Å². The molecular weight excluding hydrogens is 324 g/mol. The largest absolute Gasteiger partial charge is 0.480 e.